The molecule has 2 aromatic rings. The van der Waals surface area contributed by atoms with Gasteiger partial charge in [0.1, 0.15) is 0 Å². The van der Waals surface area contributed by atoms with Gasteiger partial charge in [0, 0.05) is 5.70 Å². The van der Waals surface area contributed by atoms with Crippen LogP contribution in [-0.4, -0.2) is 49.4 Å². The number of ether oxygens (including phenoxy) is 5. The minimum atomic E-state index is -0.691. The summed E-state index contributed by atoms with van der Waals surface area (Å²) in [6, 6.07) is 10.3. The first-order valence-electron chi connectivity index (χ1n) is 11.8. The number of nitrogens with one attached hydrogen (secondary N) is 1. The van der Waals surface area contributed by atoms with Gasteiger partial charge < -0.3 is 29.0 Å². The Kier molecular flexibility index (Phi) is 6.68. The molecule has 5 rings (SSSR count). The van der Waals surface area contributed by atoms with Crippen molar-refractivity contribution in [1.29, 1.82) is 0 Å². The van der Waals surface area contributed by atoms with Crippen LogP contribution in [0.3, 0.4) is 0 Å². The summed E-state index contributed by atoms with van der Waals surface area (Å²) in [7, 11) is 2.89. The monoisotopic (exact) mass is 524 g/mol. The summed E-state index contributed by atoms with van der Waals surface area (Å²) in [6.45, 7) is 5.85. The summed E-state index contributed by atoms with van der Waals surface area (Å²) in [6.07, 6.45) is 1.77. The maximum atomic E-state index is 13.8. The van der Waals surface area contributed by atoms with Crippen molar-refractivity contribution in [3.63, 3.8) is 0 Å². The van der Waals surface area contributed by atoms with Crippen molar-refractivity contribution in [1.82, 2.24) is 10.2 Å². The minimum absolute atomic E-state index is 0.0452. The molecule has 194 valence electrons. The molecule has 0 aromatic heterocycles. The van der Waals surface area contributed by atoms with Crippen molar-refractivity contribution in [2.45, 2.75) is 38.4 Å². The van der Waals surface area contributed by atoms with Gasteiger partial charge in [-0.05, 0) is 62.2 Å². The van der Waals surface area contributed by atoms with Crippen LogP contribution >= 0.6 is 11.8 Å². The summed E-state index contributed by atoms with van der Waals surface area (Å²) in [5.74, 6) is 1.69. The average molecular weight is 525 g/mol. The Balaban J connectivity index is 1.55. The molecule has 0 saturated carbocycles. The highest BCUT2D eigenvalue weighted by Crippen LogP contribution is 2.48. The second-order valence-corrected chi connectivity index (χ2v) is 10.1. The zero-order valence-corrected chi connectivity index (χ0v) is 22.0. The van der Waals surface area contributed by atoms with E-state index in [0.29, 0.717) is 44.7 Å². The molecule has 1 amide bonds. The number of benzene rings is 2. The van der Waals surface area contributed by atoms with Gasteiger partial charge in [0.25, 0.3) is 5.91 Å². The molecule has 2 atom stereocenters. The SMILES string of the molecule is COC(=O)C1=C(C)N[C@H]2S/C(=C\c3ccc4c(c3)OCO4)C(=O)N2[C@H]1c1ccc(OC(C)C)c(OC)c1. The van der Waals surface area contributed by atoms with Gasteiger partial charge in [-0.15, -0.1) is 0 Å². The number of carbonyl (C=O) groups excluding carboxylic acids is 2. The highest BCUT2D eigenvalue weighted by Gasteiger charge is 2.48. The number of fused-ring (bicyclic) bond motifs is 2. The van der Waals surface area contributed by atoms with Crippen LogP contribution in [0.25, 0.3) is 6.08 Å². The molecule has 37 heavy (non-hydrogen) atoms. The lowest BCUT2D eigenvalue weighted by molar-refractivity contribution is -0.138. The maximum absolute atomic E-state index is 13.8. The first-order chi connectivity index (χ1) is 17.8. The third-order valence-electron chi connectivity index (χ3n) is 6.20. The fraction of sp³-hybridized carbons (Fsp3) is 0.333. The lowest BCUT2D eigenvalue weighted by Crippen LogP contribution is -2.49. The van der Waals surface area contributed by atoms with E-state index in [4.69, 9.17) is 23.7 Å². The van der Waals surface area contributed by atoms with Crippen LogP contribution in [0.4, 0.5) is 0 Å². The maximum Gasteiger partial charge on any atom is 0.337 e. The first-order valence-corrected chi connectivity index (χ1v) is 12.7. The van der Waals surface area contributed by atoms with Gasteiger partial charge in [-0.25, -0.2) is 4.79 Å². The number of nitrogens with zero attached hydrogens (tertiary/aromatic N) is 1. The zero-order valence-electron chi connectivity index (χ0n) is 21.2. The van der Waals surface area contributed by atoms with Gasteiger partial charge in [-0.3, -0.25) is 9.69 Å². The molecule has 3 aliphatic rings. The van der Waals surface area contributed by atoms with E-state index in [1.54, 1.807) is 24.1 Å². The van der Waals surface area contributed by atoms with Crippen LogP contribution in [0.1, 0.15) is 37.9 Å². The standard InChI is InChI=1S/C27H28N2O7S/c1-14(2)36-19-9-7-17(12-20(19)32-4)24-23(26(31)33-5)15(3)28-27-29(24)25(30)22(37-27)11-16-6-8-18-21(10-16)35-13-34-18/h6-12,14,24,27-28H,13H2,1-5H3/b22-11-/t24-,27+/m0/s1. The summed E-state index contributed by atoms with van der Waals surface area (Å²) < 4.78 is 27.4. The van der Waals surface area contributed by atoms with Gasteiger partial charge in [0.15, 0.2) is 28.5 Å². The number of esters is 1. The molecular formula is C27H28N2O7S. The van der Waals surface area contributed by atoms with Crippen LogP contribution in [0.2, 0.25) is 0 Å². The summed E-state index contributed by atoms with van der Waals surface area (Å²) in [4.78, 5) is 28.9. The van der Waals surface area contributed by atoms with Crippen molar-refractivity contribution >= 4 is 29.7 Å². The Morgan fingerprint density at radius 3 is 2.65 bits per heavy atom. The number of hydrogen-bond acceptors (Lipinski definition) is 9. The van der Waals surface area contributed by atoms with Crippen molar-refractivity contribution in [3.05, 3.63) is 63.7 Å². The molecular weight excluding hydrogens is 496 g/mol. The molecule has 0 radical (unpaired) electrons. The third-order valence-corrected chi connectivity index (χ3v) is 7.31. The highest BCUT2D eigenvalue weighted by molar-refractivity contribution is 8.05. The minimum Gasteiger partial charge on any atom is -0.493 e. The molecule has 0 bridgehead atoms. The van der Waals surface area contributed by atoms with E-state index in [1.165, 1.54) is 18.9 Å². The molecule has 3 aliphatic heterocycles. The third kappa shape index (κ3) is 4.57. The normalized spacial score (nSPS) is 21.3. The van der Waals surface area contributed by atoms with Gasteiger partial charge >= 0.3 is 5.97 Å². The molecule has 1 saturated heterocycles. The predicted molar refractivity (Wildman–Crippen MR) is 138 cm³/mol. The summed E-state index contributed by atoms with van der Waals surface area (Å²) >= 11 is 1.39. The van der Waals surface area contributed by atoms with Crippen molar-refractivity contribution in [2.24, 2.45) is 0 Å². The van der Waals surface area contributed by atoms with E-state index >= 15 is 0 Å². The topological polar surface area (TPSA) is 95.6 Å². The van der Waals surface area contributed by atoms with Crippen molar-refractivity contribution in [3.8, 4) is 23.0 Å². The van der Waals surface area contributed by atoms with Crippen molar-refractivity contribution < 1.29 is 33.3 Å². The number of amides is 1. The van der Waals surface area contributed by atoms with Gasteiger partial charge in [-0.1, -0.05) is 23.9 Å². The van der Waals surface area contributed by atoms with Crippen LogP contribution < -0.4 is 24.3 Å². The molecule has 1 fully saturated rings. The lowest BCUT2D eigenvalue weighted by Gasteiger charge is -2.39. The van der Waals surface area contributed by atoms with E-state index in [1.807, 2.05) is 51.1 Å². The van der Waals surface area contributed by atoms with Crippen LogP contribution in [-0.2, 0) is 14.3 Å². The number of allylic oxidation sites excluding steroid dienone is 1. The Morgan fingerprint density at radius 1 is 1.14 bits per heavy atom. The molecule has 0 unspecified atom stereocenters. The van der Waals surface area contributed by atoms with E-state index in [-0.39, 0.29) is 18.8 Å². The first kappa shape index (κ1) is 24.9. The molecule has 3 heterocycles. The molecule has 10 heteroatoms. The molecule has 0 aliphatic carbocycles. The Morgan fingerprint density at radius 2 is 1.92 bits per heavy atom. The van der Waals surface area contributed by atoms with Gasteiger partial charge in [0.05, 0.1) is 36.8 Å². The summed E-state index contributed by atoms with van der Waals surface area (Å²) in [5.41, 5.74) is 2.10. The number of thioether (sulfide) groups is 1. The van der Waals surface area contributed by atoms with Crippen LogP contribution in [0.15, 0.2) is 52.6 Å². The lowest BCUT2D eigenvalue weighted by atomic mass is 9.93. The Labute approximate surface area is 219 Å². The van der Waals surface area contributed by atoms with E-state index in [0.717, 1.165) is 5.56 Å². The Hall–Kier alpha value is -3.79. The Bertz CT molecular complexity index is 1320. The largest absolute Gasteiger partial charge is 0.493 e. The summed E-state index contributed by atoms with van der Waals surface area (Å²) in [5, 5.41) is 3.30. The van der Waals surface area contributed by atoms with Gasteiger partial charge in [-0.2, -0.15) is 0 Å². The molecule has 0 spiro atoms. The quantitative estimate of drug-likeness (QED) is 0.441. The fourth-order valence-electron chi connectivity index (χ4n) is 4.58. The average Bonchev–Trinajstić information content (AvgIpc) is 3.46. The number of carbonyl (C=O) groups is 2. The van der Waals surface area contributed by atoms with E-state index < -0.39 is 17.5 Å². The van der Waals surface area contributed by atoms with E-state index in [9.17, 15) is 9.59 Å². The van der Waals surface area contributed by atoms with E-state index in [2.05, 4.69) is 5.32 Å². The smallest absolute Gasteiger partial charge is 0.337 e. The molecule has 2 aromatic carbocycles. The second-order valence-electron chi connectivity index (χ2n) is 8.96. The highest BCUT2D eigenvalue weighted by atomic mass is 32.2. The van der Waals surface area contributed by atoms with Crippen LogP contribution in [0.5, 0.6) is 23.0 Å². The zero-order chi connectivity index (χ0) is 26.3. The van der Waals surface area contributed by atoms with Gasteiger partial charge in [0.2, 0.25) is 6.79 Å². The number of methoxy groups -OCH3 is 2. The fourth-order valence-corrected chi connectivity index (χ4v) is 5.80. The van der Waals surface area contributed by atoms with Crippen molar-refractivity contribution in [2.75, 3.05) is 21.0 Å². The molecule has 9 nitrogen and oxygen atoms in total. The number of hydrogen-bond donors (Lipinski definition) is 1. The second kappa shape index (κ2) is 9.93. The predicted octanol–water partition coefficient (Wildman–Crippen LogP) is 4.20. The van der Waals surface area contributed by atoms with Crippen LogP contribution in [0, 0.1) is 0 Å². The molecule has 1 N–H and O–H groups in total. The number of rotatable bonds is 6.